The van der Waals surface area contributed by atoms with Crippen LogP contribution < -0.4 is 9.47 Å². The molecule has 0 atom stereocenters. The van der Waals surface area contributed by atoms with Gasteiger partial charge in [-0.3, -0.25) is 0 Å². The Morgan fingerprint density at radius 3 is 2.14 bits per heavy atom. The third kappa shape index (κ3) is 3.69. The van der Waals surface area contributed by atoms with E-state index in [-0.39, 0.29) is 16.3 Å². The van der Waals surface area contributed by atoms with Gasteiger partial charge in [0.15, 0.2) is 11.5 Å². The van der Waals surface area contributed by atoms with Gasteiger partial charge in [-0.15, -0.1) is 0 Å². The average Bonchev–Trinajstić information content (AvgIpc) is 2.75. The van der Waals surface area contributed by atoms with Gasteiger partial charge in [0, 0.05) is 5.56 Å². The first kappa shape index (κ1) is 20.4. The smallest absolute Gasteiger partial charge is 0.339 e. The summed E-state index contributed by atoms with van der Waals surface area (Å²) in [5.41, 5.74) is 0.823. The van der Waals surface area contributed by atoms with E-state index in [2.05, 4.69) is 4.98 Å². The fourth-order valence-electron chi connectivity index (χ4n) is 3.13. The number of fused-ring (bicyclic) bond motifs is 1. The Kier molecular flexibility index (Phi) is 5.89. The zero-order valence-electron chi connectivity index (χ0n) is 16.2. The molecular weight excluding hydrogens is 398 g/mol. The molecule has 0 radical (unpaired) electrons. The molecule has 0 saturated carbocycles. The number of methoxy groups -OCH3 is 4. The van der Waals surface area contributed by atoms with Crippen molar-refractivity contribution in [3.63, 3.8) is 0 Å². The van der Waals surface area contributed by atoms with Crippen LogP contribution >= 0.6 is 11.6 Å². The second kappa shape index (κ2) is 8.36. The Hall–Kier alpha value is -3.32. The number of ether oxygens (including phenoxy) is 4. The normalized spacial score (nSPS) is 10.5. The number of pyridine rings is 1. The first-order valence-corrected chi connectivity index (χ1v) is 8.85. The Labute approximate surface area is 172 Å². The molecule has 0 aliphatic rings. The summed E-state index contributed by atoms with van der Waals surface area (Å²) in [6.07, 6.45) is 0. The Morgan fingerprint density at radius 1 is 0.897 bits per heavy atom. The van der Waals surface area contributed by atoms with Crippen LogP contribution in [0.3, 0.4) is 0 Å². The molecule has 0 aliphatic heterocycles. The number of esters is 2. The fourth-order valence-corrected chi connectivity index (χ4v) is 3.29. The third-order valence-electron chi connectivity index (χ3n) is 4.41. The predicted molar refractivity (Wildman–Crippen MR) is 108 cm³/mol. The maximum absolute atomic E-state index is 12.7. The summed E-state index contributed by atoms with van der Waals surface area (Å²) >= 11 is 6.08. The number of hydrogen-bond acceptors (Lipinski definition) is 7. The van der Waals surface area contributed by atoms with E-state index in [4.69, 9.17) is 30.5 Å². The zero-order chi connectivity index (χ0) is 21.1. The molecule has 3 aromatic rings. The molecular formula is C21H18ClNO6. The summed E-state index contributed by atoms with van der Waals surface area (Å²) in [5.74, 6) is -0.485. The average molecular weight is 416 g/mol. The van der Waals surface area contributed by atoms with Gasteiger partial charge in [0.2, 0.25) is 0 Å². The summed E-state index contributed by atoms with van der Waals surface area (Å²) in [5, 5.41) is 1.45. The highest BCUT2D eigenvalue weighted by molar-refractivity contribution is 6.29. The minimum atomic E-state index is -0.709. The van der Waals surface area contributed by atoms with Crippen LogP contribution in [0.4, 0.5) is 0 Å². The van der Waals surface area contributed by atoms with Gasteiger partial charge in [-0.1, -0.05) is 17.7 Å². The lowest BCUT2D eigenvalue weighted by molar-refractivity contribution is 0.0556. The number of carbonyl (C=O) groups excluding carboxylic acids is 2. The topological polar surface area (TPSA) is 84.0 Å². The molecule has 1 heterocycles. The number of halogens is 1. The van der Waals surface area contributed by atoms with Crippen LogP contribution in [-0.2, 0) is 9.47 Å². The number of rotatable bonds is 5. The Balaban J connectivity index is 2.55. The van der Waals surface area contributed by atoms with E-state index in [0.29, 0.717) is 33.5 Å². The lowest BCUT2D eigenvalue weighted by Gasteiger charge is -2.17. The van der Waals surface area contributed by atoms with Crippen LogP contribution in [0, 0.1) is 0 Å². The van der Waals surface area contributed by atoms with Crippen molar-refractivity contribution >= 4 is 34.3 Å². The highest BCUT2D eigenvalue weighted by Crippen LogP contribution is 2.40. The predicted octanol–water partition coefficient (Wildman–Crippen LogP) is 4.15. The van der Waals surface area contributed by atoms with Gasteiger partial charge in [0.05, 0.1) is 45.3 Å². The van der Waals surface area contributed by atoms with Crippen LogP contribution in [0.2, 0.25) is 5.15 Å². The van der Waals surface area contributed by atoms with Crippen molar-refractivity contribution in [2.24, 2.45) is 0 Å². The lowest BCUT2D eigenvalue weighted by Crippen LogP contribution is -2.14. The molecule has 29 heavy (non-hydrogen) atoms. The Morgan fingerprint density at radius 2 is 1.55 bits per heavy atom. The number of hydrogen-bond donors (Lipinski definition) is 0. The van der Waals surface area contributed by atoms with E-state index in [0.717, 1.165) is 0 Å². The molecule has 150 valence electrons. The van der Waals surface area contributed by atoms with Gasteiger partial charge >= 0.3 is 11.9 Å². The molecule has 1 aromatic heterocycles. The lowest BCUT2D eigenvalue weighted by atomic mass is 9.91. The number of benzene rings is 2. The van der Waals surface area contributed by atoms with Crippen LogP contribution in [-0.4, -0.2) is 45.4 Å². The second-order valence-corrected chi connectivity index (χ2v) is 6.32. The van der Waals surface area contributed by atoms with Crippen molar-refractivity contribution in [3.8, 4) is 22.8 Å². The van der Waals surface area contributed by atoms with Crippen LogP contribution in [0.5, 0.6) is 11.5 Å². The number of carbonyl (C=O) groups is 2. The quantitative estimate of drug-likeness (QED) is 0.457. The highest BCUT2D eigenvalue weighted by atomic mass is 35.5. The zero-order valence-corrected chi connectivity index (χ0v) is 17.0. The van der Waals surface area contributed by atoms with Crippen LogP contribution in [0.1, 0.15) is 20.7 Å². The van der Waals surface area contributed by atoms with Crippen LogP contribution in [0.15, 0.2) is 36.4 Å². The van der Waals surface area contributed by atoms with Crippen molar-refractivity contribution in [2.75, 3.05) is 28.4 Å². The summed E-state index contributed by atoms with van der Waals surface area (Å²) in [4.78, 5) is 29.5. The van der Waals surface area contributed by atoms with Gasteiger partial charge in [-0.25, -0.2) is 14.6 Å². The van der Waals surface area contributed by atoms with E-state index in [1.54, 1.807) is 36.4 Å². The molecule has 8 heteroatoms. The summed E-state index contributed by atoms with van der Waals surface area (Å²) in [6, 6.07) is 9.95. The van der Waals surface area contributed by atoms with E-state index in [1.807, 2.05) is 0 Å². The molecule has 0 amide bonds. The van der Waals surface area contributed by atoms with Crippen molar-refractivity contribution < 1.29 is 28.5 Å². The molecule has 0 unspecified atom stereocenters. The standard InChI is InChI=1S/C21H18ClNO6/c1-26-15-9-11-8-13(20(24)28-3)19(21(25)29-4)18(12(11)10-16(15)27-2)14-6-5-7-17(22)23-14/h5-10H,1-4H3. The fraction of sp³-hybridized carbons (Fsp3) is 0.190. The molecule has 0 N–H and O–H groups in total. The van der Waals surface area contributed by atoms with Gasteiger partial charge in [-0.2, -0.15) is 0 Å². The van der Waals surface area contributed by atoms with Crippen LogP contribution in [0.25, 0.3) is 22.0 Å². The molecule has 0 fully saturated rings. The van der Waals surface area contributed by atoms with Crippen molar-refractivity contribution in [1.82, 2.24) is 4.98 Å². The monoisotopic (exact) mass is 415 g/mol. The second-order valence-electron chi connectivity index (χ2n) is 5.93. The van der Waals surface area contributed by atoms with Gasteiger partial charge in [0.1, 0.15) is 5.15 Å². The van der Waals surface area contributed by atoms with Crippen molar-refractivity contribution in [1.29, 1.82) is 0 Å². The SMILES string of the molecule is COC(=O)c1cc2cc(OC)c(OC)cc2c(-c2cccc(Cl)n2)c1C(=O)OC. The summed E-state index contributed by atoms with van der Waals surface area (Å²) < 4.78 is 20.6. The van der Waals surface area contributed by atoms with E-state index < -0.39 is 11.9 Å². The highest BCUT2D eigenvalue weighted by Gasteiger charge is 2.27. The van der Waals surface area contributed by atoms with Gasteiger partial charge < -0.3 is 18.9 Å². The first-order valence-electron chi connectivity index (χ1n) is 8.47. The van der Waals surface area contributed by atoms with Crippen molar-refractivity contribution in [3.05, 3.63) is 52.7 Å². The minimum Gasteiger partial charge on any atom is -0.493 e. The molecule has 0 saturated heterocycles. The minimum absolute atomic E-state index is 0.0221. The molecule has 7 nitrogen and oxygen atoms in total. The molecule has 0 spiro atoms. The van der Waals surface area contributed by atoms with E-state index in [9.17, 15) is 9.59 Å². The Bertz CT molecular complexity index is 1110. The molecule has 0 bridgehead atoms. The van der Waals surface area contributed by atoms with Crippen molar-refractivity contribution in [2.45, 2.75) is 0 Å². The maximum Gasteiger partial charge on any atom is 0.339 e. The largest absolute Gasteiger partial charge is 0.493 e. The molecule has 0 aliphatic carbocycles. The van der Waals surface area contributed by atoms with E-state index in [1.165, 1.54) is 28.4 Å². The van der Waals surface area contributed by atoms with E-state index >= 15 is 0 Å². The first-order chi connectivity index (χ1) is 13.9. The number of nitrogens with zero attached hydrogens (tertiary/aromatic N) is 1. The molecule has 2 aromatic carbocycles. The number of aromatic nitrogens is 1. The van der Waals surface area contributed by atoms with Gasteiger partial charge in [0.25, 0.3) is 0 Å². The maximum atomic E-state index is 12.7. The third-order valence-corrected chi connectivity index (χ3v) is 4.62. The summed E-state index contributed by atoms with van der Waals surface area (Å²) in [6.45, 7) is 0. The summed E-state index contributed by atoms with van der Waals surface area (Å²) in [7, 11) is 5.48. The molecule has 3 rings (SSSR count). The van der Waals surface area contributed by atoms with Gasteiger partial charge in [-0.05, 0) is 41.1 Å².